The third-order valence-electron chi connectivity index (χ3n) is 4.37. The molecule has 0 heterocycles. The first-order valence-corrected chi connectivity index (χ1v) is 7.59. The van der Waals surface area contributed by atoms with Crippen LogP contribution in [0.3, 0.4) is 0 Å². The molecule has 0 saturated heterocycles. The molecule has 1 aromatic carbocycles. The van der Waals surface area contributed by atoms with Gasteiger partial charge in [-0.25, -0.2) is 0 Å². The molecule has 0 aliphatic heterocycles. The summed E-state index contributed by atoms with van der Waals surface area (Å²) in [6, 6.07) is 9.54. The molecule has 1 aromatic rings. The van der Waals surface area contributed by atoms with Gasteiger partial charge in [0.25, 0.3) is 0 Å². The second-order valence-electron chi connectivity index (χ2n) is 6.54. The minimum atomic E-state index is 0.197. The van der Waals surface area contributed by atoms with Gasteiger partial charge < -0.3 is 5.73 Å². The Balaban J connectivity index is 2.20. The topological polar surface area (TPSA) is 29.3 Å². The van der Waals surface area contributed by atoms with Gasteiger partial charge in [-0.15, -0.1) is 0 Å². The highest BCUT2D eigenvalue weighted by molar-refractivity contribution is 5.32. The average molecular weight is 260 g/mol. The van der Waals surface area contributed by atoms with E-state index in [1.807, 2.05) is 0 Å². The summed E-state index contributed by atoms with van der Waals surface area (Å²) in [5.41, 5.74) is 9.19. The van der Waals surface area contributed by atoms with E-state index in [0.29, 0.717) is 6.04 Å². The van der Waals surface area contributed by atoms with Crippen LogP contribution in [0, 0.1) is 5.41 Å². The molecular formula is C17H28N2. The fourth-order valence-electron chi connectivity index (χ4n) is 3.16. The second kappa shape index (κ2) is 6.06. The van der Waals surface area contributed by atoms with Gasteiger partial charge in [-0.3, -0.25) is 4.90 Å². The van der Waals surface area contributed by atoms with Gasteiger partial charge in [-0.1, -0.05) is 45.0 Å². The molecule has 19 heavy (non-hydrogen) atoms. The summed E-state index contributed by atoms with van der Waals surface area (Å²) in [6.45, 7) is 9.73. The van der Waals surface area contributed by atoms with Crippen LogP contribution in [0.5, 0.6) is 0 Å². The molecule has 0 aromatic heterocycles. The van der Waals surface area contributed by atoms with Crippen molar-refractivity contribution < 1.29 is 0 Å². The third-order valence-corrected chi connectivity index (χ3v) is 4.37. The Labute approximate surface area is 118 Å². The van der Waals surface area contributed by atoms with E-state index in [1.54, 1.807) is 11.1 Å². The quantitative estimate of drug-likeness (QED) is 0.879. The maximum absolute atomic E-state index is 5.91. The van der Waals surface area contributed by atoms with Crippen LogP contribution in [0.2, 0.25) is 0 Å². The maximum atomic E-state index is 5.91. The van der Waals surface area contributed by atoms with Crippen molar-refractivity contribution in [3.05, 3.63) is 35.4 Å². The van der Waals surface area contributed by atoms with Crippen LogP contribution >= 0.6 is 0 Å². The van der Waals surface area contributed by atoms with Crippen molar-refractivity contribution in [2.75, 3.05) is 19.6 Å². The molecule has 2 N–H and O–H groups in total. The zero-order valence-corrected chi connectivity index (χ0v) is 12.7. The molecule has 0 saturated carbocycles. The molecule has 0 amide bonds. The van der Waals surface area contributed by atoms with Crippen LogP contribution in [0.15, 0.2) is 24.3 Å². The minimum absolute atomic E-state index is 0.197. The summed E-state index contributed by atoms with van der Waals surface area (Å²) in [6.07, 6.45) is 3.83. The fraction of sp³-hybridized carbons (Fsp3) is 0.647. The Kier molecular flexibility index (Phi) is 4.64. The largest absolute Gasteiger partial charge is 0.330 e. The van der Waals surface area contributed by atoms with Gasteiger partial charge in [0.15, 0.2) is 0 Å². The van der Waals surface area contributed by atoms with Crippen LogP contribution in [0.4, 0.5) is 0 Å². The van der Waals surface area contributed by atoms with Gasteiger partial charge in [0, 0.05) is 12.6 Å². The molecule has 0 fully saturated rings. The molecule has 2 nitrogen and oxygen atoms in total. The van der Waals surface area contributed by atoms with Crippen LogP contribution in [0.1, 0.15) is 50.8 Å². The maximum Gasteiger partial charge on any atom is 0.0351 e. The van der Waals surface area contributed by atoms with E-state index >= 15 is 0 Å². The van der Waals surface area contributed by atoms with Gasteiger partial charge in [-0.05, 0) is 48.9 Å². The van der Waals surface area contributed by atoms with E-state index in [1.165, 1.54) is 19.3 Å². The van der Waals surface area contributed by atoms with Crippen molar-refractivity contribution in [2.45, 2.75) is 46.1 Å². The van der Waals surface area contributed by atoms with Crippen molar-refractivity contribution in [3.63, 3.8) is 0 Å². The number of nitrogens with two attached hydrogens (primary N) is 1. The fourth-order valence-corrected chi connectivity index (χ4v) is 3.16. The lowest BCUT2D eigenvalue weighted by Gasteiger charge is -2.39. The number of benzene rings is 1. The molecule has 2 rings (SSSR count). The monoisotopic (exact) mass is 260 g/mol. The Morgan fingerprint density at radius 3 is 2.74 bits per heavy atom. The molecule has 1 atom stereocenters. The van der Waals surface area contributed by atoms with Gasteiger partial charge in [0.2, 0.25) is 0 Å². The van der Waals surface area contributed by atoms with Crippen LogP contribution in [-0.2, 0) is 6.42 Å². The van der Waals surface area contributed by atoms with E-state index in [4.69, 9.17) is 5.73 Å². The number of fused-ring (bicyclic) bond motifs is 1. The standard InChI is InChI=1S/C17H28N2/c1-4-19(13-17(2,3)12-18)16-11-7-9-14-8-5-6-10-15(14)16/h5-6,8,10,16H,4,7,9,11-13,18H2,1-3H3. The number of aryl methyl sites for hydroxylation is 1. The first-order valence-electron chi connectivity index (χ1n) is 7.59. The van der Waals surface area contributed by atoms with E-state index in [-0.39, 0.29) is 5.41 Å². The summed E-state index contributed by atoms with van der Waals surface area (Å²) in [7, 11) is 0. The van der Waals surface area contributed by atoms with Gasteiger partial charge in [0.05, 0.1) is 0 Å². The first-order chi connectivity index (χ1) is 9.07. The zero-order chi connectivity index (χ0) is 13.9. The molecule has 0 bridgehead atoms. The van der Waals surface area contributed by atoms with E-state index < -0.39 is 0 Å². The van der Waals surface area contributed by atoms with Gasteiger partial charge in [-0.2, -0.15) is 0 Å². The van der Waals surface area contributed by atoms with Crippen molar-refractivity contribution in [3.8, 4) is 0 Å². The first kappa shape index (κ1) is 14.5. The van der Waals surface area contributed by atoms with Gasteiger partial charge in [0.1, 0.15) is 0 Å². The van der Waals surface area contributed by atoms with Crippen molar-refractivity contribution in [2.24, 2.45) is 11.1 Å². The minimum Gasteiger partial charge on any atom is -0.330 e. The van der Waals surface area contributed by atoms with Crippen LogP contribution < -0.4 is 5.73 Å². The summed E-state index contributed by atoms with van der Waals surface area (Å²) < 4.78 is 0. The van der Waals surface area contributed by atoms with E-state index in [2.05, 4.69) is 49.9 Å². The third kappa shape index (κ3) is 3.37. The summed E-state index contributed by atoms with van der Waals surface area (Å²) in [5.74, 6) is 0. The van der Waals surface area contributed by atoms with Crippen LogP contribution in [0.25, 0.3) is 0 Å². The van der Waals surface area contributed by atoms with E-state index in [0.717, 1.165) is 19.6 Å². The lowest BCUT2D eigenvalue weighted by molar-refractivity contribution is 0.127. The lowest BCUT2D eigenvalue weighted by atomic mass is 9.85. The van der Waals surface area contributed by atoms with Crippen molar-refractivity contribution in [1.29, 1.82) is 0 Å². The summed E-state index contributed by atoms with van der Waals surface area (Å²) in [5, 5.41) is 0. The molecule has 1 unspecified atom stereocenters. The number of hydrogen-bond acceptors (Lipinski definition) is 2. The Bertz CT molecular complexity index is 411. The lowest BCUT2D eigenvalue weighted by Crippen LogP contribution is -2.41. The van der Waals surface area contributed by atoms with Crippen molar-refractivity contribution in [1.82, 2.24) is 4.90 Å². The smallest absolute Gasteiger partial charge is 0.0351 e. The molecule has 1 aliphatic rings. The SMILES string of the molecule is CCN(CC(C)(C)CN)C1CCCc2ccccc21. The van der Waals surface area contributed by atoms with Crippen LogP contribution in [-0.4, -0.2) is 24.5 Å². The van der Waals surface area contributed by atoms with E-state index in [9.17, 15) is 0 Å². The number of hydrogen-bond donors (Lipinski definition) is 1. The highest BCUT2D eigenvalue weighted by atomic mass is 15.2. The molecule has 1 aliphatic carbocycles. The molecular weight excluding hydrogens is 232 g/mol. The molecule has 106 valence electrons. The highest BCUT2D eigenvalue weighted by Gasteiger charge is 2.28. The zero-order valence-electron chi connectivity index (χ0n) is 12.7. The predicted octanol–water partition coefficient (Wildman–Crippen LogP) is 3.37. The second-order valence-corrected chi connectivity index (χ2v) is 6.54. The Morgan fingerprint density at radius 1 is 1.32 bits per heavy atom. The highest BCUT2D eigenvalue weighted by Crippen LogP contribution is 2.35. The molecule has 2 heteroatoms. The number of nitrogens with zero attached hydrogens (tertiary/aromatic N) is 1. The Morgan fingerprint density at radius 2 is 2.05 bits per heavy atom. The van der Waals surface area contributed by atoms with Crippen molar-refractivity contribution >= 4 is 0 Å². The average Bonchev–Trinajstić information content (AvgIpc) is 2.44. The summed E-state index contributed by atoms with van der Waals surface area (Å²) >= 11 is 0. The Hall–Kier alpha value is -0.860. The summed E-state index contributed by atoms with van der Waals surface area (Å²) in [4.78, 5) is 2.62. The predicted molar refractivity (Wildman–Crippen MR) is 82.2 cm³/mol. The van der Waals surface area contributed by atoms with Gasteiger partial charge >= 0.3 is 0 Å². The molecule has 0 spiro atoms. The normalized spacial score (nSPS) is 19.5. The molecule has 0 radical (unpaired) electrons. The number of rotatable bonds is 5.